The summed E-state index contributed by atoms with van der Waals surface area (Å²) >= 11 is 0.910. The van der Waals surface area contributed by atoms with Crippen molar-refractivity contribution in [2.75, 3.05) is 6.61 Å². The first-order valence-electron chi connectivity index (χ1n) is 4.73. The van der Waals surface area contributed by atoms with Gasteiger partial charge in [0.25, 0.3) is 0 Å². The maximum atomic E-state index is 11.4. The van der Waals surface area contributed by atoms with Crippen LogP contribution in [0.4, 0.5) is 0 Å². The van der Waals surface area contributed by atoms with Crippen LogP contribution in [0.2, 0.25) is 0 Å². The molecular formula is C9H13NO4S2. The summed E-state index contributed by atoms with van der Waals surface area (Å²) in [5, 5.41) is 6.35. The highest BCUT2D eigenvalue weighted by Crippen LogP contribution is 2.19. The van der Waals surface area contributed by atoms with Crippen molar-refractivity contribution < 1.29 is 17.9 Å². The van der Waals surface area contributed by atoms with Crippen LogP contribution in [-0.2, 0) is 14.8 Å². The van der Waals surface area contributed by atoms with E-state index in [1.165, 1.54) is 11.4 Å². The molecule has 90 valence electrons. The van der Waals surface area contributed by atoms with Gasteiger partial charge in [-0.25, -0.2) is 18.4 Å². The molecule has 7 heteroatoms. The standard InChI is InChI=1S/C9H13NO4S2/c1-2-3-4-14-9(11)7-5-8(15-6-7)16(10,12)13/h5-6H,2-4H2,1H3,(H2,10,12,13). The van der Waals surface area contributed by atoms with E-state index in [1.807, 2.05) is 6.92 Å². The van der Waals surface area contributed by atoms with Gasteiger partial charge >= 0.3 is 5.97 Å². The fourth-order valence-electron chi connectivity index (χ4n) is 0.965. The molecule has 0 radical (unpaired) electrons. The van der Waals surface area contributed by atoms with Crippen LogP contribution >= 0.6 is 11.3 Å². The Morgan fingerprint density at radius 2 is 2.25 bits per heavy atom. The third kappa shape index (κ3) is 3.58. The second kappa shape index (κ2) is 5.42. The molecule has 0 atom stereocenters. The summed E-state index contributed by atoms with van der Waals surface area (Å²) in [6.45, 7) is 2.33. The maximum absolute atomic E-state index is 11.4. The largest absolute Gasteiger partial charge is 0.462 e. The van der Waals surface area contributed by atoms with Crippen molar-refractivity contribution >= 4 is 27.3 Å². The lowest BCUT2D eigenvalue weighted by molar-refractivity contribution is 0.0500. The lowest BCUT2D eigenvalue weighted by Crippen LogP contribution is -2.10. The smallest absolute Gasteiger partial charge is 0.339 e. The molecule has 0 fully saturated rings. The summed E-state index contributed by atoms with van der Waals surface area (Å²) in [6.07, 6.45) is 1.72. The SMILES string of the molecule is CCCCOC(=O)c1csc(S(N)(=O)=O)c1. The summed E-state index contributed by atoms with van der Waals surface area (Å²) in [4.78, 5) is 11.4. The highest BCUT2D eigenvalue weighted by atomic mass is 32.2. The molecule has 16 heavy (non-hydrogen) atoms. The van der Waals surface area contributed by atoms with Crippen molar-refractivity contribution in [1.82, 2.24) is 0 Å². The minimum atomic E-state index is -3.73. The Bertz CT molecular complexity index is 464. The number of sulfonamides is 1. The van der Waals surface area contributed by atoms with Gasteiger partial charge < -0.3 is 4.74 Å². The molecule has 0 spiro atoms. The molecule has 0 saturated carbocycles. The monoisotopic (exact) mass is 263 g/mol. The molecule has 0 aromatic carbocycles. The molecular weight excluding hydrogens is 250 g/mol. The average Bonchev–Trinajstić information content (AvgIpc) is 2.66. The number of nitrogens with two attached hydrogens (primary N) is 1. The number of carbonyl (C=O) groups is 1. The number of unbranched alkanes of at least 4 members (excludes halogenated alkanes) is 1. The molecule has 0 bridgehead atoms. The second-order valence-electron chi connectivity index (χ2n) is 3.19. The molecule has 1 rings (SSSR count). The van der Waals surface area contributed by atoms with Crippen LogP contribution in [0.3, 0.4) is 0 Å². The van der Waals surface area contributed by atoms with Crippen molar-refractivity contribution in [2.24, 2.45) is 5.14 Å². The molecule has 1 aromatic rings. The molecule has 0 aliphatic carbocycles. The first kappa shape index (κ1) is 13.1. The number of rotatable bonds is 5. The number of hydrogen-bond donors (Lipinski definition) is 1. The van der Waals surface area contributed by atoms with Crippen LogP contribution in [0, 0.1) is 0 Å². The maximum Gasteiger partial charge on any atom is 0.339 e. The zero-order valence-corrected chi connectivity index (χ0v) is 10.4. The molecule has 2 N–H and O–H groups in total. The topological polar surface area (TPSA) is 86.5 Å². The van der Waals surface area contributed by atoms with Crippen LogP contribution in [0.25, 0.3) is 0 Å². The van der Waals surface area contributed by atoms with Crippen LogP contribution in [0.5, 0.6) is 0 Å². The quantitative estimate of drug-likeness (QED) is 0.641. The average molecular weight is 263 g/mol. The number of thiophene rings is 1. The Morgan fingerprint density at radius 3 is 2.75 bits per heavy atom. The van der Waals surface area contributed by atoms with Crippen LogP contribution in [0.15, 0.2) is 15.7 Å². The van der Waals surface area contributed by atoms with Crippen molar-refractivity contribution in [1.29, 1.82) is 0 Å². The Kier molecular flexibility index (Phi) is 4.45. The van der Waals surface area contributed by atoms with Gasteiger partial charge in [-0.1, -0.05) is 13.3 Å². The van der Waals surface area contributed by atoms with Gasteiger partial charge in [-0.05, 0) is 12.5 Å². The molecule has 5 nitrogen and oxygen atoms in total. The molecule has 0 aliphatic heterocycles. The molecule has 0 saturated heterocycles. The van der Waals surface area contributed by atoms with E-state index in [9.17, 15) is 13.2 Å². The number of hydrogen-bond acceptors (Lipinski definition) is 5. The third-order valence-corrected chi connectivity index (χ3v) is 4.21. The highest BCUT2D eigenvalue weighted by molar-refractivity contribution is 7.91. The van der Waals surface area contributed by atoms with Gasteiger partial charge in [0, 0.05) is 5.38 Å². The fourth-order valence-corrected chi connectivity index (χ4v) is 2.54. The predicted molar refractivity (Wildman–Crippen MR) is 60.9 cm³/mol. The minimum absolute atomic E-state index is 0.0325. The Hall–Kier alpha value is -0.920. The first-order chi connectivity index (χ1) is 7.45. The zero-order chi connectivity index (χ0) is 12.2. The second-order valence-corrected chi connectivity index (χ2v) is 5.89. The van der Waals surface area contributed by atoms with Gasteiger partial charge in [-0.15, -0.1) is 11.3 Å². The van der Waals surface area contributed by atoms with Gasteiger partial charge in [0.05, 0.1) is 12.2 Å². The Balaban J connectivity index is 2.68. The minimum Gasteiger partial charge on any atom is -0.462 e. The van der Waals surface area contributed by atoms with Gasteiger partial charge in [-0.3, -0.25) is 0 Å². The lowest BCUT2D eigenvalue weighted by Gasteiger charge is -2.00. The van der Waals surface area contributed by atoms with Gasteiger partial charge in [-0.2, -0.15) is 0 Å². The summed E-state index contributed by atoms with van der Waals surface area (Å²) in [6, 6.07) is 1.23. The number of esters is 1. The van der Waals surface area contributed by atoms with E-state index in [0.29, 0.717) is 6.61 Å². The predicted octanol–water partition coefficient (Wildman–Crippen LogP) is 1.35. The van der Waals surface area contributed by atoms with Crippen LogP contribution in [0.1, 0.15) is 30.1 Å². The number of primary sulfonamides is 1. The molecule has 1 aromatic heterocycles. The summed E-state index contributed by atoms with van der Waals surface area (Å²) in [7, 11) is -3.73. The van der Waals surface area contributed by atoms with Crippen molar-refractivity contribution in [3.8, 4) is 0 Å². The fraction of sp³-hybridized carbons (Fsp3) is 0.444. The van der Waals surface area contributed by atoms with E-state index < -0.39 is 16.0 Å². The van der Waals surface area contributed by atoms with Gasteiger partial charge in [0.2, 0.25) is 10.0 Å². The van der Waals surface area contributed by atoms with E-state index in [0.717, 1.165) is 24.2 Å². The van der Waals surface area contributed by atoms with Crippen LogP contribution in [-0.4, -0.2) is 21.0 Å². The van der Waals surface area contributed by atoms with Crippen molar-refractivity contribution in [3.63, 3.8) is 0 Å². The van der Waals surface area contributed by atoms with Gasteiger partial charge in [0.15, 0.2) is 0 Å². The van der Waals surface area contributed by atoms with E-state index >= 15 is 0 Å². The van der Waals surface area contributed by atoms with Crippen molar-refractivity contribution in [2.45, 2.75) is 24.0 Å². The molecule has 0 aliphatic rings. The number of carbonyl (C=O) groups excluding carboxylic acids is 1. The van der Waals surface area contributed by atoms with E-state index in [2.05, 4.69) is 0 Å². The summed E-state index contributed by atoms with van der Waals surface area (Å²) < 4.78 is 26.8. The molecule has 1 heterocycles. The van der Waals surface area contributed by atoms with E-state index in [4.69, 9.17) is 9.88 Å². The normalized spacial score (nSPS) is 11.4. The summed E-state index contributed by atoms with van der Waals surface area (Å²) in [5.74, 6) is -0.514. The number of ether oxygens (including phenoxy) is 1. The Labute approximate surface area is 98.3 Å². The zero-order valence-electron chi connectivity index (χ0n) is 8.80. The van der Waals surface area contributed by atoms with Gasteiger partial charge in [0.1, 0.15) is 4.21 Å². The lowest BCUT2D eigenvalue weighted by atomic mass is 10.3. The highest BCUT2D eigenvalue weighted by Gasteiger charge is 2.15. The van der Waals surface area contributed by atoms with Crippen molar-refractivity contribution in [3.05, 3.63) is 17.0 Å². The Morgan fingerprint density at radius 1 is 1.56 bits per heavy atom. The van der Waals surface area contributed by atoms with Crippen LogP contribution < -0.4 is 5.14 Å². The third-order valence-electron chi connectivity index (χ3n) is 1.82. The molecule has 0 unspecified atom stereocenters. The first-order valence-corrected chi connectivity index (χ1v) is 7.16. The summed E-state index contributed by atoms with van der Waals surface area (Å²) in [5.41, 5.74) is 0.227. The van der Waals surface area contributed by atoms with E-state index in [1.54, 1.807) is 0 Å². The molecule has 0 amide bonds. The van der Waals surface area contributed by atoms with E-state index in [-0.39, 0.29) is 9.77 Å².